The van der Waals surface area contributed by atoms with E-state index in [4.69, 9.17) is 26.7 Å². The Hall–Kier alpha value is -3.77. The fourth-order valence-electron chi connectivity index (χ4n) is 2.67. The highest BCUT2D eigenvalue weighted by Crippen LogP contribution is 2.30. The predicted molar refractivity (Wildman–Crippen MR) is 129 cm³/mol. The van der Waals surface area contributed by atoms with E-state index in [9.17, 15) is 9.59 Å². The van der Waals surface area contributed by atoms with Gasteiger partial charge in [0, 0.05) is 6.04 Å². The smallest absolute Gasteiger partial charge is 0.410 e. The number of nitrogens with one attached hydrogen (secondary N) is 2. The minimum absolute atomic E-state index is 0.0505. The number of hydrogen-bond donors (Lipinski definition) is 5. The summed E-state index contributed by atoms with van der Waals surface area (Å²) < 4.78 is 10.4. The van der Waals surface area contributed by atoms with E-state index in [-0.39, 0.29) is 30.4 Å². The number of rotatable bonds is 12. The van der Waals surface area contributed by atoms with Gasteiger partial charge in [0.05, 0.1) is 6.04 Å². The van der Waals surface area contributed by atoms with Gasteiger partial charge in [-0.05, 0) is 57.5 Å². The molecular weight excluding hydrogens is 440 g/mol. The molecule has 2 rings (SSSR count). The molecule has 0 saturated carbocycles. The van der Waals surface area contributed by atoms with E-state index in [1.54, 1.807) is 36.4 Å². The van der Waals surface area contributed by atoms with Crippen molar-refractivity contribution in [2.24, 2.45) is 21.7 Å². The molecule has 1 aromatic heterocycles. The maximum absolute atomic E-state index is 12.2. The van der Waals surface area contributed by atoms with Crippen molar-refractivity contribution in [2.75, 3.05) is 24.4 Å². The Kier molecular flexibility index (Phi) is 10.7. The van der Waals surface area contributed by atoms with E-state index in [0.717, 1.165) is 12.8 Å². The van der Waals surface area contributed by atoms with Crippen molar-refractivity contribution >= 4 is 35.0 Å². The highest BCUT2D eigenvalue weighted by Gasteiger charge is 2.14. The normalized spacial score (nSPS) is 11.9. The summed E-state index contributed by atoms with van der Waals surface area (Å²) >= 11 is 0. The number of pyridine rings is 1. The number of unbranched alkanes of at least 4 members (excludes halogenated alkanes) is 1. The molecule has 0 aliphatic heterocycles. The summed E-state index contributed by atoms with van der Waals surface area (Å²) in [6, 6.07) is 9.26. The van der Waals surface area contributed by atoms with Gasteiger partial charge in [0.2, 0.25) is 12.7 Å². The first-order valence-electron chi connectivity index (χ1n) is 10.9. The third-order valence-corrected chi connectivity index (χ3v) is 4.40. The van der Waals surface area contributed by atoms with Crippen LogP contribution in [-0.4, -0.2) is 42.4 Å². The number of para-hydroxylation sites is 1. The molecule has 1 atom stereocenters. The van der Waals surface area contributed by atoms with E-state index in [2.05, 4.69) is 25.8 Å². The second-order valence-corrected chi connectivity index (χ2v) is 7.64. The van der Waals surface area contributed by atoms with Gasteiger partial charge in [-0.1, -0.05) is 18.6 Å². The summed E-state index contributed by atoms with van der Waals surface area (Å²) in [4.78, 5) is 27.9. The molecule has 0 radical (unpaired) electrons. The van der Waals surface area contributed by atoms with Gasteiger partial charge in [-0.15, -0.1) is 10.2 Å². The zero-order chi connectivity index (χ0) is 24.9. The van der Waals surface area contributed by atoms with E-state index in [0.29, 0.717) is 30.1 Å². The van der Waals surface area contributed by atoms with Gasteiger partial charge in [0.25, 0.3) is 0 Å². The topological polar surface area (TPSA) is 192 Å². The lowest BCUT2D eigenvalue weighted by Gasteiger charge is -2.12. The Bertz CT molecular complexity index is 983. The van der Waals surface area contributed by atoms with Gasteiger partial charge in [-0.25, -0.2) is 9.78 Å². The first-order valence-corrected chi connectivity index (χ1v) is 10.9. The van der Waals surface area contributed by atoms with Crippen molar-refractivity contribution in [3.8, 4) is 5.75 Å². The molecule has 8 N–H and O–H groups in total. The number of aromatic nitrogens is 1. The number of carbonyl (C=O) groups is 2. The Labute approximate surface area is 198 Å². The summed E-state index contributed by atoms with van der Waals surface area (Å²) in [6.45, 7) is 3.90. The van der Waals surface area contributed by atoms with Crippen LogP contribution in [0.25, 0.3) is 0 Å². The molecule has 1 aromatic carbocycles. The number of azo groups is 1. The molecular formula is C22H32N8O4. The maximum atomic E-state index is 12.2. The van der Waals surface area contributed by atoms with E-state index < -0.39 is 12.1 Å². The molecule has 2 aromatic rings. The Balaban J connectivity index is 1.98. The summed E-state index contributed by atoms with van der Waals surface area (Å²) in [5.74, 6) is 0.345. The molecule has 34 heavy (non-hydrogen) atoms. The molecule has 0 aliphatic rings. The van der Waals surface area contributed by atoms with E-state index in [1.807, 2.05) is 13.8 Å². The van der Waals surface area contributed by atoms with Crippen LogP contribution in [0.2, 0.25) is 0 Å². The van der Waals surface area contributed by atoms with Gasteiger partial charge in [-0.3, -0.25) is 4.79 Å². The number of nitrogens with two attached hydrogens (primary N) is 3. The average Bonchev–Trinajstić information content (AvgIpc) is 2.79. The van der Waals surface area contributed by atoms with Crippen LogP contribution in [-0.2, 0) is 9.53 Å². The standard InChI is InChI=1S/C22H32N8O4/c1-14(2)26-22(32)34-13-33-18-9-4-3-8-16(18)29-30-17-10-11-19(27-20(17)25)28-21(31)15(24)7-5-6-12-23/h3-4,8-11,14-15H,5-7,12-13,23-24H2,1-2H3,(H,26,32)(H3,25,27,28,31)/b30-29+/t15-/m0/s1. The second kappa shape index (κ2) is 13.7. The van der Waals surface area contributed by atoms with Crippen LogP contribution in [0.1, 0.15) is 33.1 Å². The summed E-state index contributed by atoms with van der Waals surface area (Å²) in [6.07, 6.45) is 1.51. The van der Waals surface area contributed by atoms with Crippen molar-refractivity contribution in [2.45, 2.75) is 45.2 Å². The molecule has 2 amide bonds. The van der Waals surface area contributed by atoms with Gasteiger partial charge < -0.3 is 37.3 Å². The van der Waals surface area contributed by atoms with Crippen LogP contribution in [0.5, 0.6) is 5.75 Å². The average molecular weight is 473 g/mol. The molecule has 0 fully saturated rings. The molecule has 1 heterocycles. The lowest BCUT2D eigenvalue weighted by Crippen LogP contribution is -2.35. The summed E-state index contributed by atoms with van der Waals surface area (Å²) in [7, 11) is 0. The molecule has 0 aliphatic carbocycles. The van der Waals surface area contributed by atoms with Crippen LogP contribution in [0, 0.1) is 0 Å². The zero-order valence-electron chi connectivity index (χ0n) is 19.4. The fourth-order valence-corrected chi connectivity index (χ4v) is 2.67. The zero-order valence-corrected chi connectivity index (χ0v) is 19.4. The van der Waals surface area contributed by atoms with Gasteiger partial charge in [0.1, 0.15) is 17.2 Å². The number of ether oxygens (including phenoxy) is 2. The van der Waals surface area contributed by atoms with Crippen molar-refractivity contribution < 1.29 is 19.1 Å². The SMILES string of the molecule is CC(C)NC(=O)OCOc1ccccc1/N=N/c1ccc(NC(=O)[C@@H](N)CCCCN)nc1N. The minimum Gasteiger partial charge on any atom is -0.455 e. The van der Waals surface area contributed by atoms with Crippen molar-refractivity contribution in [1.29, 1.82) is 0 Å². The fraction of sp³-hybridized carbons (Fsp3) is 0.409. The Morgan fingerprint density at radius 3 is 2.53 bits per heavy atom. The van der Waals surface area contributed by atoms with Crippen LogP contribution < -0.4 is 32.6 Å². The predicted octanol–water partition coefficient (Wildman–Crippen LogP) is 2.94. The lowest BCUT2D eigenvalue weighted by atomic mass is 10.1. The molecule has 184 valence electrons. The Morgan fingerprint density at radius 2 is 1.82 bits per heavy atom. The Morgan fingerprint density at radius 1 is 1.09 bits per heavy atom. The number of amides is 2. The minimum atomic E-state index is -0.661. The molecule has 12 nitrogen and oxygen atoms in total. The first kappa shape index (κ1) is 26.5. The number of nitrogen functional groups attached to an aromatic ring is 1. The van der Waals surface area contributed by atoms with E-state index in [1.165, 1.54) is 0 Å². The quantitative estimate of drug-likeness (QED) is 0.177. The monoisotopic (exact) mass is 472 g/mol. The first-order chi connectivity index (χ1) is 16.3. The number of anilines is 2. The third kappa shape index (κ3) is 9.00. The molecule has 0 unspecified atom stereocenters. The van der Waals surface area contributed by atoms with Crippen LogP contribution in [0.4, 0.5) is 27.8 Å². The number of hydrogen-bond acceptors (Lipinski definition) is 10. The highest BCUT2D eigenvalue weighted by molar-refractivity contribution is 5.94. The van der Waals surface area contributed by atoms with Gasteiger partial charge >= 0.3 is 6.09 Å². The number of nitrogens with zero attached hydrogens (tertiary/aromatic N) is 3. The van der Waals surface area contributed by atoms with Gasteiger partial charge in [0.15, 0.2) is 11.6 Å². The van der Waals surface area contributed by atoms with Crippen LogP contribution in [0.3, 0.4) is 0 Å². The van der Waals surface area contributed by atoms with Crippen molar-refractivity contribution in [3.63, 3.8) is 0 Å². The van der Waals surface area contributed by atoms with Gasteiger partial charge in [-0.2, -0.15) is 0 Å². The van der Waals surface area contributed by atoms with Crippen LogP contribution in [0.15, 0.2) is 46.6 Å². The summed E-state index contributed by atoms with van der Waals surface area (Å²) in [5, 5.41) is 13.5. The van der Waals surface area contributed by atoms with Crippen molar-refractivity contribution in [3.05, 3.63) is 36.4 Å². The molecule has 12 heteroatoms. The van der Waals surface area contributed by atoms with Crippen LogP contribution >= 0.6 is 0 Å². The number of alkyl carbamates (subject to hydrolysis) is 1. The molecule has 0 bridgehead atoms. The summed E-state index contributed by atoms with van der Waals surface area (Å²) in [5.41, 5.74) is 18.0. The largest absolute Gasteiger partial charge is 0.455 e. The lowest BCUT2D eigenvalue weighted by molar-refractivity contribution is -0.117. The van der Waals surface area contributed by atoms with Crippen molar-refractivity contribution in [1.82, 2.24) is 10.3 Å². The third-order valence-electron chi connectivity index (χ3n) is 4.40. The van der Waals surface area contributed by atoms with E-state index >= 15 is 0 Å². The maximum Gasteiger partial charge on any atom is 0.410 e. The second-order valence-electron chi connectivity index (χ2n) is 7.64. The molecule has 0 spiro atoms. The molecule has 0 saturated heterocycles. The number of benzene rings is 1. The number of carbonyl (C=O) groups excluding carboxylic acids is 2. The highest BCUT2D eigenvalue weighted by atomic mass is 16.7.